The van der Waals surface area contributed by atoms with Crippen LogP contribution in [0.5, 0.6) is 5.75 Å². The van der Waals surface area contributed by atoms with Crippen LogP contribution in [0.1, 0.15) is 43.9 Å². The molecule has 0 spiro atoms. The highest BCUT2D eigenvalue weighted by Crippen LogP contribution is 2.31. The van der Waals surface area contributed by atoms with Crippen LogP contribution in [-0.2, 0) is 6.42 Å². The largest absolute Gasteiger partial charge is 0.493 e. The predicted octanol–water partition coefficient (Wildman–Crippen LogP) is 2.45. The van der Waals surface area contributed by atoms with Gasteiger partial charge in [-0.05, 0) is 29.2 Å². The molecule has 0 bridgehead atoms. The van der Waals surface area contributed by atoms with Gasteiger partial charge in [0.05, 0.1) is 12.7 Å². The van der Waals surface area contributed by atoms with Gasteiger partial charge in [0.1, 0.15) is 11.9 Å². The first-order valence-corrected chi connectivity index (χ1v) is 6.79. The molecule has 0 fully saturated rings. The van der Waals surface area contributed by atoms with Gasteiger partial charge in [-0.2, -0.15) is 0 Å². The van der Waals surface area contributed by atoms with Gasteiger partial charge in [-0.15, -0.1) is 0 Å². The Bertz CT molecular complexity index is 399. The highest BCUT2D eigenvalue weighted by atomic mass is 16.5. The number of hydrogen-bond acceptors (Lipinski definition) is 3. The SMILES string of the molecule is CCC(CC)C(O)C(O)c1ccc2c(c1)CCO2. The van der Waals surface area contributed by atoms with Gasteiger partial charge in [-0.25, -0.2) is 0 Å². The summed E-state index contributed by atoms with van der Waals surface area (Å²) in [5.74, 6) is 1.05. The van der Waals surface area contributed by atoms with Crippen molar-refractivity contribution in [2.45, 2.75) is 45.3 Å². The van der Waals surface area contributed by atoms with Gasteiger partial charge in [0, 0.05) is 6.42 Å². The van der Waals surface area contributed by atoms with Crippen molar-refractivity contribution in [2.75, 3.05) is 6.61 Å². The van der Waals surface area contributed by atoms with Crippen LogP contribution in [-0.4, -0.2) is 22.9 Å². The molecule has 1 aromatic carbocycles. The number of rotatable bonds is 5. The lowest BCUT2D eigenvalue weighted by atomic mass is 9.89. The van der Waals surface area contributed by atoms with E-state index in [9.17, 15) is 10.2 Å². The third-order valence-corrected chi connectivity index (χ3v) is 3.91. The standard InChI is InChI=1S/C15H22O3/c1-3-10(4-2)14(16)15(17)12-5-6-13-11(9-12)7-8-18-13/h5-6,9-10,14-17H,3-4,7-8H2,1-2H3. The second kappa shape index (κ2) is 5.72. The van der Waals surface area contributed by atoms with E-state index in [1.54, 1.807) is 0 Å². The normalized spacial score (nSPS) is 17.4. The maximum Gasteiger partial charge on any atom is 0.122 e. The van der Waals surface area contributed by atoms with E-state index in [1.165, 1.54) is 0 Å². The maximum absolute atomic E-state index is 10.3. The minimum Gasteiger partial charge on any atom is -0.493 e. The number of aliphatic hydroxyl groups excluding tert-OH is 2. The molecule has 0 saturated carbocycles. The summed E-state index contributed by atoms with van der Waals surface area (Å²) < 4.78 is 5.44. The molecular weight excluding hydrogens is 228 g/mol. The van der Waals surface area contributed by atoms with Gasteiger partial charge in [-0.1, -0.05) is 32.8 Å². The Balaban J connectivity index is 2.15. The summed E-state index contributed by atoms with van der Waals surface area (Å²) in [6, 6.07) is 5.69. The zero-order valence-corrected chi connectivity index (χ0v) is 11.1. The van der Waals surface area contributed by atoms with Crippen LogP contribution in [0.3, 0.4) is 0 Å². The highest BCUT2D eigenvalue weighted by molar-refractivity contribution is 5.40. The molecule has 3 nitrogen and oxygen atoms in total. The molecule has 2 atom stereocenters. The third-order valence-electron chi connectivity index (χ3n) is 3.91. The zero-order chi connectivity index (χ0) is 13.1. The average molecular weight is 250 g/mol. The summed E-state index contributed by atoms with van der Waals surface area (Å²) in [6.45, 7) is 4.80. The van der Waals surface area contributed by atoms with Gasteiger partial charge in [0.2, 0.25) is 0 Å². The fourth-order valence-electron chi connectivity index (χ4n) is 2.62. The third kappa shape index (κ3) is 2.52. The lowest BCUT2D eigenvalue weighted by molar-refractivity contribution is -0.0209. The van der Waals surface area contributed by atoms with E-state index in [4.69, 9.17) is 4.74 Å². The molecule has 2 N–H and O–H groups in total. The van der Waals surface area contributed by atoms with Crippen LogP contribution in [0.25, 0.3) is 0 Å². The topological polar surface area (TPSA) is 49.7 Å². The lowest BCUT2D eigenvalue weighted by Crippen LogP contribution is -2.27. The highest BCUT2D eigenvalue weighted by Gasteiger charge is 2.26. The Kier molecular flexibility index (Phi) is 4.25. The summed E-state index contributed by atoms with van der Waals surface area (Å²) >= 11 is 0. The monoisotopic (exact) mass is 250 g/mol. The van der Waals surface area contributed by atoms with E-state index in [0.717, 1.165) is 36.1 Å². The summed E-state index contributed by atoms with van der Waals surface area (Å²) in [5.41, 5.74) is 1.92. The summed E-state index contributed by atoms with van der Waals surface area (Å²) in [7, 11) is 0. The fraction of sp³-hybridized carbons (Fsp3) is 0.600. The summed E-state index contributed by atoms with van der Waals surface area (Å²) in [4.78, 5) is 0. The molecule has 3 heteroatoms. The van der Waals surface area contributed by atoms with E-state index >= 15 is 0 Å². The molecule has 1 aliphatic rings. The molecule has 0 aromatic heterocycles. The van der Waals surface area contributed by atoms with Crippen molar-refractivity contribution in [3.63, 3.8) is 0 Å². The van der Waals surface area contributed by atoms with Crippen molar-refractivity contribution in [1.82, 2.24) is 0 Å². The van der Waals surface area contributed by atoms with E-state index in [1.807, 2.05) is 32.0 Å². The predicted molar refractivity (Wildman–Crippen MR) is 70.7 cm³/mol. The van der Waals surface area contributed by atoms with Crippen molar-refractivity contribution in [3.8, 4) is 5.75 Å². The molecule has 1 heterocycles. The summed E-state index contributed by atoms with van der Waals surface area (Å²) in [6.07, 6.45) is 1.14. The van der Waals surface area contributed by atoms with Crippen LogP contribution >= 0.6 is 0 Å². The number of hydrogen-bond donors (Lipinski definition) is 2. The van der Waals surface area contributed by atoms with Crippen molar-refractivity contribution >= 4 is 0 Å². The minimum atomic E-state index is -0.805. The molecular formula is C15H22O3. The van der Waals surface area contributed by atoms with Gasteiger partial charge in [0.25, 0.3) is 0 Å². The van der Waals surface area contributed by atoms with E-state index in [0.29, 0.717) is 6.61 Å². The number of aliphatic hydroxyl groups is 2. The number of benzene rings is 1. The van der Waals surface area contributed by atoms with Crippen molar-refractivity contribution in [3.05, 3.63) is 29.3 Å². The Hall–Kier alpha value is -1.06. The number of ether oxygens (including phenoxy) is 1. The molecule has 0 saturated heterocycles. The lowest BCUT2D eigenvalue weighted by Gasteiger charge is -2.25. The average Bonchev–Trinajstić information content (AvgIpc) is 2.86. The number of fused-ring (bicyclic) bond motifs is 1. The van der Waals surface area contributed by atoms with Crippen LogP contribution in [0.15, 0.2) is 18.2 Å². The Morgan fingerprint density at radius 1 is 1.22 bits per heavy atom. The minimum absolute atomic E-state index is 0.143. The molecule has 100 valence electrons. The smallest absolute Gasteiger partial charge is 0.122 e. The van der Waals surface area contributed by atoms with Crippen LogP contribution in [0, 0.1) is 5.92 Å². The molecule has 0 aliphatic carbocycles. The van der Waals surface area contributed by atoms with E-state index < -0.39 is 12.2 Å². The van der Waals surface area contributed by atoms with Crippen LogP contribution in [0.2, 0.25) is 0 Å². The fourth-order valence-corrected chi connectivity index (χ4v) is 2.62. The van der Waals surface area contributed by atoms with E-state index in [-0.39, 0.29) is 5.92 Å². The summed E-state index contributed by atoms with van der Waals surface area (Å²) in [5, 5.41) is 20.5. The van der Waals surface area contributed by atoms with Gasteiger partial charge < -0.3 is 14.9 Å². The van der Waals surface area contributed by atoms with Crippen molar-refractivity contribution in [2.24, 2.45) is 5.92 Å². The molecule has 18 heavy (non-hydrogen) atoms. The van der Waals surface area contributed by atoms with Crippen LogP contribution in [0.4, 0.5) is 0 Å². The zero-order valence-electron chi connectivity index (χ0n) is 11.1. The van der Waals surface area contributed by atoms with E-state index in [2.05, 4.69) is 0 Å². The maximum atomic E-state index is 10.3. The van der Waals surface area contributed by atoms with Crippen molar-refractivity contribution in [1.29, 1.82) is 0 Å². The molecule has 0 radical (unpaired) electrons. The molecule has 1 aromatic rings. The molecule has 2 rings (SSSR count). The van der Waals surface area contributed by atoms with Gasteiger partial charge >= 0.3 is 0 Å². The first kappa shape index (κ1) is 13.4. The van der Waals surface area contributed by atoms with Crippen LogP contribution < -0.4 is 4.74 Å². The molecule has 0 amide bonds. The van der Waals surface area contributed by atoms with Gasteiger partial charge in [0.15, 0.2) is 0 Å². The van der Waals surface area contributed by atoms with Gasteiger partial charge in [-0.3, -0.25) is 0 Å². The Morgan fingerprint density at radius 2 is 1.94 bits per heavy atom. The molecule has 1 aliphatic heterocycles. The molecule has 2 unspecified atom stereocenters. The first-order chi connectivity index (χ1) is 8.67. The van der Waals surface area contributed by atoms with Crippen molar-refractivity contribution < 1.29 is 14.9 Å². The quantitative estimate of drug-likeness (QED) is 0.844. The Morgan fingerprint density at radius 3 is 2.61 bits per heavy atom. The second-order valence-corrected chi connectivity index (χ2v) is 4.98. The first-order valence-electron chi connectivity index (χ1n) is 6.79. The second-order valence-electron chi connectivity index (χ2n) is 4.98. The Labute approximate surface area is 108 Å².